The van der Waals surface area contributed by atoms with Gasteiger partial charge in [-0.15, -0.1) is 0 Å². The Hall–Kier alpha value is -1.36. The topological polar surface area (TPSA) is 37.3 Å². The fourth-order valence-corrected chi connectivity index (χ4v) is 6.00. The Labute approximate surface area is 142 Å². The van der Waals surface area contributed by atoms with E-state index in [1.165, 1.54) is 29.4 Å². The molecule has 22 heavy (non-hydrogen) atoms. The molecule has 1 N–H and O–H groups in total. The summed E-state index contributed by atoms with van der Waals surface area (Å²) in [6, 6.07) is 6.46. The predicted octanol–water partition coefficient (Wildman–Crippen LogP) is 1.36. The number of hydrogen-bond acceptors (Lipinski definition) is 1. The van der Waals surface area contributed by atoms with Crippen molar-refractivity contribution in [2.45, 2.75) is 41.5 Å². The van der Waals surface area contributed by atoms with Gasteiger partial charge in [-0.2, -0.15) is 0 Å². The monoisotopic (exact) mass is 409 g/mol. The van der Waals surface area contributed by atoms with E-state index in [-0.39, 0.29) is 21.2 Å². The molecule has 0 spiro atoms. The Balaban J connectivity index is 2.60. The molecule has 0 unspecified atom stereocenters. The molecule has 0 saturated heterocycles. The zero-order valence-corrected chi connectivity index (χ0v) is 16.1. The summed E-state index contributed by atoms with van der Waals surface area (Å²) < 4.78 is 2.66. The minimum absolute atomic E-state index is 0.389. The first-order valence-electron chi connectivity index (χ1n) is 7.29. The maximum absolute atomic E-state index is 11.5. The minimum atomic E-state index is -0.822. The van der Waals surface area contributed by atoms with Crippen LogP contribution in [0, 0.1) is 48.7 Å². The second kappa shape index (κ2) is 6.41. The molecule has 0 bridgehead atoms. The summed E-state index contributed by atoms with van der Waals surface area (Å²) in [6.07, 6.45) is 0. The molecular weight excluding hydrogens is 387 g/mol. The van der Waals surface area contributed by atoms with E-state index in [0.29, 0.717) is 5.56 Å². The molecule has 2 aromatic carbocycles. The molecule has 2 nitrogen and oxygen atoms in total. The molecule has 0 aliphatic rings. The van der Waals surface area contributed by atoms with Crippen molar-refractivity contribution in [1.82, 2.24) is 0 Å². The molecule has 0 aromatic heterocycles. The first-order valence-corrected chi connectivity index (χ1v) is 9.45. The first-order chi connectivity index (χ1) is 10.2. The molecule has 0 aliphatic heterocycles. The van der Waals surface area contributed by atoms with Gasteiger partial charge in [0.1, 0.15) is 0 Å². The quantitative estimate of drug-likeness (QED) is 0.778. The van der Waals surface area contributed by atoms with Gasteiger partial charge in [-0.05, 0) is 0 Å². The molecule has 0 heterocycles. The van der Waals surface area contributed by atoms with Gasteiger partial charge in [-0.25, -0.2) is 0 Å². The SMILES string of the molecule is Cc1cc(C)c([I-]c2c(C)cc(C)c(C(=O)O)c2C)c(C)c1. The number of aromatic carboxylic acids is 1. The van der Waals surface area contributed by atoms with Crippen LogP contribution >= 0.6 is 0 Å². The number of aryl methyl sites for hydroxylation is 5. The molecule has 0 aliphatic carbocycles. The second-order valence-electron chi connectivity index (χ2n) is 5.94. The average Bonchev–Trinajstić information content (AvgIpc) is 2.35. The molecule has 0 fully saturated rings. The molecule has 0 saturated carbocycles. The fraction of sp³-hybridized carbons (Fsp3) is 0.316. The van der Waals surface area contributed by atoms with Crippen molar-refractivity contribution in [3.05, 3.63) is 64.3 Å². The van der Waals surface area contributed by atoms with Crippen molar-refractivity contribution in [2.24, 2.45) is 0 Å². The van der Waals surface area contributed by atoms with Gasteiger partial charge in [0.05, 0.1) is 0 Å². The van der Waals surface area contributed by atoms with Crippen molar-refractivity contribution in [3.63, 3.8) is 0 Å². The normalized spacial score (nSPS) is 11.0. The van der Waals surface area contributed by atoms with Crippen LogP contribution in [0.2, 0.25) is 0 Å². The Morgan fingerprint density at radius 3 is 1.82 bits per heavy atom. The summed E-state index contributed by atoms with van der Waals surface area (Å²) in [7, 11) is 0. The van der Waals surface area contributed by atoms with Crippen LogP contribution in [0.4, 0.5) is 0 Å². The maximum atomic E-state index is 11.5. The summed E-state index contributed by atoms with van der Waals surface area (Å²) in [5.41, 5.74) is 7.41. The van der Waals surface area contributed by atoms with E-state index in [1.807, 2.05) is 19.9 Å². The molecule has 0 atom stereocenters. The van der Waals surface area contributed by atoms with Gasteiger partial charge in [0.15, 0.2) is 0 Å². The van der Waals surface area contributed by atoms with Gasteiger partial charge < -0.3 is 0 Å². The van der Waals surface area contributed by atoms with E-state index in [1.54, 1.807) is 0 Å². The van der Waals surface area contributed by atoms with Crippen LogP contribution in [0.25, 0.3) is 0 Å². The summed E-state index contributed by atoms with van der Waals surface area (Å²) >= 11 is -0.389. The van der Waals surface area contributed by atoms with E-state index < -0.39 is 5.97 Å². The standard InChI is InChI=1S/C19H22IO2/c1-10-7-12(3)17(13(4)8-10)20-18-14(5)9-11(2)16(15(18)6)19(21)22/h7-9H,1-6H3,(H,21,22)/q-1. The van der Waals surface area contributed by atoms with Crippen molar-refractivity contribution in [1.29, 1.82) is 0 Å². The van der Waals surface area contributed by atoms with E-state index >= 15 is 0 Å². The van der Waals surface area contributed by atoms with Crippen LogP contribution in [-0.4, -0.2) is 11.1 Å². The molecule has 2 rings (SSSR count). The zero-order valence-electron chi connectivity index (χ0n) is 14.0. The fourth-order valence-electron chi connectivity index (χ4n) is 3.04. The van der Waals surface area contributed by atoms with Crippen molar-refractivity contribution in [3.8, 4) is 0 Å². The summed E-state index contributed by atoms with van der Waals surface area (Å²) in [5.74, 6) is -0.822. The molecule has 0 radical (unpaired) electrons. The Morgan fingerprint density at radius 1 is 0.818 bits per heavy atom. The van der Waals surface area contributed by atoms with Crippen molar-refractivity contribution >= 4 is 5.97 Å². The van der Waals surface area contributed by atoms with E-state index in [4.69, 9.17) is 0 Å². The molecule has 3 heteroatoms. The van der Waals surface area contributed by atoms with Crippen LogP contribution in [0.1, 0.15) is 43.7 Å². The molecule has 0 amide bonds. The summed E-state index contributed by atoms with van der Waals surface area (Å²) in [5, 5.41) is 9.49. The van der Waals surface area contributed by atoms with E-state index in [2.05, 4.69) is 39.8 Å². The first kappa shape index (κ1) is 17.0. The average molecular weight is 409 g/mol. The van der Waals surface area contributed by atoms with Crippen LogP contribution < -0.4 is 21.2 Å². The van der Waals surface area contributed by atoms with Crippen LogP contribution in [0.15, 0.2) is 18.2 Å². The van der Waals surface area contributed by atoms with Crippen molar-refractivity contribution in [2.75, 3.05) is 0 Å². The number of hydrogen-bond donors (Lipinski definition) is 1. The number of rotatable bonds is 3. The summed E-state index contributed by atoms with van der Waals surface area (Å²) in [6.45, 7) is 12.4. The van der Waals surface area contributed by atoms with E-state index in [0.717, 1.165) is 11.1 Å². The summed E-state index contributed by atoms with van der Waals surface area (Å²) in [4.78, 5) is 11.5. The molecule has 2 aromatic rings. The van der Waals surface area contributed by atoms with Crippen LogP contribution in [0.3, 0.4) is 0 Å². The number of halogens is 1. The third-order valence-electron chi connectivity index (χ3n) is 3.86. The molecule has 118 valence electrons. The molecular formula is C19H22IO2-. The number of carbonyl (C=O) groups is 1. The van der Waals surface area contributed by atoms with Crippen LogP contribution in [0.5, 0.6) is 0 Å². The van der Waals surface area contributed by atoms with Crippen LogP contribution in [-0.2, 0) is 0 Å². The third-order valence-corrected chi connectivity index (χ3v) is 8.30. The number of benzene rings is 2. The van der Waals surface area contributed by atoms with Gasteiger partial charge in [-0.1, -0.05) is 0 Å². The van der Waals surface area contributed by atoms with Gasteiger partial charge in [-0.3, -0.25) is 0 Å². The second-order valence-corrected chi connectivity index (χ2v) is 8.63. The Kier molecular flexibility index (Phi) is 4.95. The Morgan fingerprint density at radius 2 is 1.32 bits per heavy atom. The van der Waals surface area contributed by atoms with Gasteiger partial charge in [0.25, 0.3) is 0 Å². The predicted molar refractivity (Wildman–Crippen MR) is 85.7 cm³/mol. The van der Waals surface area contributed by atoms with Gasteiger partial charge in [0.2, 0.25) is 0 Å². The zero-order chi connectivity index (χ0) is 16.6. The van der Waals surface area contributed by atoms with Gasteiger partial charge >= 0.3 is 143 Å². The number of carboxylic acid groups (broad SMARTS) is 1. The van der Waals surface area contributed by atoms with Crippen molar-refractivity contribution < 1.29 is 31.1 Å². The van der Waals surface area contributed by atoms with Gasteiger partial charge in [0, 0.05) is 0 Å². The Bertz CT molecular complexity index is 738. The third kappa shape index (κ3) is 3.19. The number of carboxylic acids is 1. The van der Waals surface area contributed by atoms with E-state index in [9.17, 15) is 9.90 Å².